The van der Waals surface area contributed by atoms with Crippen LogP contribution in [0.2, 0.25) is 0 Å². The van der Waals surface area contributed by atoms with Crippen molar-refractivity contribution in [2.45, 2.75) is 0 Å². The lowest BCUT2D eigenvalue weighted by Crippen LogP contribution is -2.12. The number of primary amides is 1. The molecule has 3 N–H and O–H groups in total. The first-order valence-electron chi connectivity index (χ1n) is 1.96. The van der Waals surface area contributed by atoms with Gasteiger partial charge in [-0.3, -0.25) is 9.89 Å². The van der Waals surface area contributed by atoms with Gasteiger partial charge in [0.2, 0.25) is 5.82 Å². The first-order chi connectivity index (χ1) is 3.80. The lowest BCUT2D eigenvalue weighted by molar-refractivity contribution is 0.0991. The molecular weight excluding hydrogens is 179 g/mol. The van der Waals surface area contributed by atoms with E-state index < -0.39 is 5.91 Å². The van der Waals surface area contributed by atoms with Crippen LogP contribution in [0.25, 0.3) is 0 Å². The van der Waals surface area contributed by atoms with Crippen LogP contribution in [0.1, 0.15) is 10.6 Å². The number of halogens is 2. The quantitative estimate of drug-likeness (QED) is 0.632. The van der Waals surface area contributed by atoms with Crippen molar-refractivity contribution in [2.75, 3.05) is 0 Å². The van der Waals surface area contributed by atoms with Crippen LogP contribution in [-0.2, 0) is 0 Å². The minimum Gasteiger partial charge on any atom is -0.363 e. The number of nitrogens with zero attached hydrogens (tertiary/aromatic N) is 2. The Hall–Kier alpha value is -0.810. The fourth-order valence-corrected chi connectivity index (χ4v) is 0.324. The summed E-state index contributed by atoms with van der Waals surface area (Å²) < 4.78 is 0. The predicted octanol–water partition coefficient (Wildman–Crippen LogP) is -0.253. The van der Waals surface area contributed by atoms with Gasteiger partial charge in [0.1, 0.15) is 6.33 Å². The number of nitrogens with two attached hydrogens (primary N) is 1. The van der Waals surface area contributed by atoms with Crippen LogP contribution in [-0.4, -0.2) is 21.1 Å². The van der Waals surface area contributed by atoms with E-state index in [1.165, 1.54) is 6.33 Å². The monoisotopic (exact) mass is 184 g/mol. The first-order valence-corrected chi connectivity index (χ1v) is 1.96. The molecule has 0 aliphatic heterocycles. The zero-order valence-electron chi connectivity index (χ0n) is 4.77. The van der Waals surface area contributed by atoms with Crippen LogP contribution < -0.4 is 5.73 Å². The Balaban J connectivity index is 0. The number of hydrogen-bond donors (Lipinski definition) is 2. The molecule has 0 spiro atoms. The second kappa shape index (κ2) is 5.01. The summed E-state index contributed by atoms with van der Waals surface area (Å²) in [4.78, 5) is 13.6. The van der Waals surface area contributed by atoms with Gasteiger partial charge in [0, 0.05) is 0 Å². The number of carbonyl (C=O) groups excluding carboxylic acids is 1. The van der Waals surface area contributed by atoms with Gasteiger partial charge in [-0.2, -0.15) is 5.10 Å². The molecule has 0 saturated carbocycles. The Morgan fingerprint density at radius 3 is 2.40 bits per heavy atom. The Morgan fingerprint density at radius 1 is 1.60 bits per heavy atom. The molecular formula is C3H6Cl2N4O. The van der Waals surface area contributed by atoms with Gasteiger partial charge in [-0.05, 0) is 0 Å². The highest BCUT2D eigenvalue weighted by molar-refractivity contribution is 5.88. The molecule has 1 heterocycles. The van der Waals surface area contributed by atoms with E-state index >= 15 is 0 Å². The molecule has 58 valence electrons. The summed E-state index contributed by atoms with van der Waals surface area (Å²) in [6.07, 6.45) is 1.22. The minimum absolute atomic E-state index is 0. The first kappa shape index (κ1) is 11.9. The van der Waals surface area contributed by atoms with Gasteiger partial charge in [0.25, 0.3) is 5.91 Å². The van der Waals surface area contributed by atoms with Gasteiger partial charge in [-0.1, -0.05) is 0 Å². The summed E-state index contributed by atoms with van der Waals surface area (Å²) in [5.74, 6) is -0.507. The zero-order valence-corrected chi connectivity index (χ0v) is 6.41. The fourth-order valence-electron chi connectivity index (χ4n) is 0.324. The number of amides is 1. The molecule has 1 rings (SSSR count). The number of aromatic amines is 1. The molecule has 0 atom stereocenters. The van der Waals surface area contributed by atoms with Gasteiger partial charge < -0.3 is 5.73 Å². The summed E-state index contributed by atoms with van der Waals surface area (Å²) in [6, 6.07) is 0. The second-order valence-electron chi connectivity index (χ2n) is 1.20. The van der Waals surface area contributed by atoms with Gasteiger partial charge in [-0.15, -0.1) is 24.8 Å². The highest BCUT2D eigenvalue weighted by Gasteiger charge is 1.98. The third-order valence-electron chi connectivity index (χ3n) is 0.648. The third kappa shape index (κ3) is 2.65. The number of H-pyrrole nitrogens is 1. The van der Waals surface area contributed by atoms with Gasteiger partial charge in [0.05, 0.1) is 0 Å². The van der Waals surface area contributed by atoms with Crippen molar-refractivity contribution >= 4 is 30.7 Å². The summed E-state index contributed by atoms with van der Waals surface area (Å²) in [5, 5.41) is 5.71. The Labute approximate surface area is 69.2 Å². The number of aromatic nitrogens is 3. The average Bonchev–Trinajstić information content (AvgIpc) is 2.12. The topological polar surface area (TPSA) is 84.7 Å². The third-order valence-corrected chi connectivity index (χ3v) is 0.648. The van der Waals surface area contributed by atoms with E-state index in [-0.39, 0.29) is 30.6 Å². The van der Waals surface area contributed by atoms with Gasteiger partial charge in [0.15, 0.2) is 0 Å². The van der Waals surface area contributed by atoms with E-state index in [9.17, 15) is 4.79 Å². The maximum atomic E-state index is 10.2. The smallest absolute Gasteiger partial charge is 0.286 e. The summed E-state index contributed by atoms with van der Waals surface area (Å²) in [5.41, 5.74) is 4.79. The summed E-state index contributed by atoms with van der Waals surface area (Å²) in [7, 11) is 0. The maximum absolute atomic E-state index is 10.2. The van der Waals surface area contributed by atoms with Crippen LogP contribution >= 0.6 is 24.8 Å². The average molecular weight is 185 g/mol. The molecule has 0 fully saturated rings. The van der Waals surface area contributed by atoms with Crippen molar-refractivity contribution in [3.8, 4) is 0 Å². The SMILES string of the molecule is Cl.Cl.NC(=O)c1ncn[nH]1. The normalized spacial score (nSPS) is 7.20. The standard InChI is InChI=1S/C3H4N4O.2ClH/c4-2(8)3-5-1-6-7-3;;/h1H,(H2,4,8)(H,5,6,7);2*1H. The maximum Gasteiger partial charge on any atom is 0.286 e. The Morgan fingerprint density at radius 2 is 2.20 bits per heavy atom. The molecule has 0 aliphatic rings. The van der Waals surface area contributed by atoms with Crippen molar-refractivity contribution in [1.29, 1.82) is 0 Å². The summed E-state index contributed by atoms with van der Waals surface area (Å²) in [6.45, 7) is 0. The van der Waals surface area contributed by atoms with Crippen LogP contribution in [0.5, 0.6) is 0 Å². The van der Waals surface area contributed by atoms with Gasteiger partial charge in [-0.25, -0.2) is 4.98 Å². The van der Waals surface area contributed by atoms with E-state index in [1.807, 2.05) is 0 Å². The van der Waals surface area contributed by atoms with Crippen molar-refractivity contribution in [2.24, 2.45) is 5.73 Å². The number of nitrogens with one attached hydrogen (secondary N) is 1. The number of hydrogen-bond acceptors (Lipinski definition) is 3. The lowest BCUT2D eigenvalue weighted by Gasteiger charge is -1.78. The molecule has 0 aromatic carbocycles. The van der Waals surface area contributed by atoms with Crippen molar-refractivity contribution in [1.82, 2.24) is 15.2 Å². The van der Waals surface area contributed by atoms with Gasteiger partial charge >= 0.3 is 0 Å². The second-order valence-corrected chi connectivity index (χ2v) is 1.20. The number of carbonyl (C=O) groups is 1. The van der Waals surface area contributed by atoms with Crippen LogP contribution in [0.3, 0.4) is 0 Å². The Kier molecular flexibility index (Phi) is 5.98. The van der Waals surface area contributed by atoms with E-state index in [1.54, 1.807) is 0 Å². The highest BCUT2D eigenvalue weighted by Crippen LogP contribution is 1.78. The lowest BCUT2D eigenvalue weighted by atomic mass is 10.6. The van der Waals surface area contributed by atoms with Crippen LogP contribution in [0.4, 0.5) is 0 Å². The summed E-state index contributed by atoms with van der Waals surface area (Å²) >= 11 is 0. The number of rotatable bonds is 1. The minimum atomic E-state index is -0.595. The molecule has 0 radical (unpaired) electrons. The van der Waals surface area contributed by atoms with Crippen molar-refractivity contribution in [3.63, 3.8) is 0 Å². The molecule has 7 heteroatoms. The molecule has 0 aliphatic carbocycles. The molecule has 1 amide bonds. The van der Waals surface area contributed by atoms with E-state index in [0.717, 1.165) is 0 Å². The fraction of sp³-hybridized carbons (Fsp3) is 0. The van der Waals surface area contributed by atoms with E-state index in [2.05, 4.69) is 15.2 Å². The highest BCUT2D eigenvalue weighted by atomic mass is 35.5. The molecule has 0 saturated heterocycles. The largest absolute Gasteiger partial charge is 0.363 e. The van der Waals surface area contributed by atoms with Crippen molar-refractivity contribution < 1.29 is 4.79 Å². The predicted molar refractivity (Wildman–Crippen MR) is 39.4 cm³/mol. The van der Waals surface area contributed by atoms with Crippen LogP contribution in [0.15, 0.2) is 6.33 Å². The Bertz CT molecular complexity index is 186. The molecule has 1 aromatic rings. The molecule has 5 nitrogen and oxygen atoms in total. The van der Waals surface area contributed by atoms with Crippen molar-refractivity contribution in [3.05, 3.63) is 12.2 Å². The van der Waals surface area contributed by atoms with E-state index in [0.29, 0.717) is 0 Å². The zero-order chi connectivity index (χ0) is 5.98. The molecule has 0 unspecified atom stereocenters. The molecule has 10 heavy (non-hydrogen) atoms. The molecule has 1 aromatic heterocycles. The van der Waals surface area contributed by atoms with Crippen LogP contribution in [0, 0.1) is 0 Å². The van der Waals surface area contributed by atoms with E-state index in [4.69, 9.17) is 5.73 Å². The molecule has 0 bridgehead atoms.